The van der Waals surface area contributed by atoms with Crippen LogP contribution in [0.25, 0.3) is 0 Å². The van der Waals surface area contributed by atoms with Crippen LogP contribution in [0.1, 0.15) is 113 Å². The van der Waals surface area contributed by atoms with E-state index < -0.39 is 53.1 Å². The van der Waals surface area contributed by atoms with Gasteiger partial charge in [0.05, 0.1) is 12.6 Å². The topological polar surface area (TPSA) is 171 Å². The molecule has 6 amide bonds. The molecule has 3 rings (SSSR count). The Morgan fingerprint density at radius 2 is 1.39 bits per heavy atom. The predicted octanol–water partition coefficient (Wildman–Crippen LogP) is 2.88. The first kappa shape index (κ1) is 38.8. The molecule has 0 bridgehead atoms. The van der Waals surface area contributed by atoms with E-state index in [1.807, 2.05) is 0 Å². The van der Waals surface area contributed by atoms with Crippen LogP contribution < -0.4 is 21.7 Å². The minimum absolute atomic E-state index is 0.165. The second kappa shape index (κ2) is 19.3. The van der Waals surface area contributed by atoms with E-state index in [4.69, 9.17) is 5.73 Å². The Morgan fingerprint density at radius 3 is 1.89 bits per heavy atom. The summed E-state index contributed by atoms with van der Waals surface area (Å²) in [5, 5.41) is 7.92. The number of primary amides is 1. The van der Waals surface area contributed by atoms with Crippen molar-refractivity contribution in [2.45, 2.75) is 131 Å². The Balaban J connectivity index is 0.00000149. The first-order chi connectivity index (χ1) is 20.7. The van der Waals surface area contributed by atoms with Gasteiger partial charge in [0.15, 0.2) is 0 Å². The molecule has 252 valence electrons. The lowest BCUT2D eigenvalue weighted by Gasteiger charge is -2.35. The van der Waals surface area contributed by atoms with E-state index in [0.717, 1.165) is 32.1 Å². The van der Waals surface area contributed by atoms with Crippen molar-refractivity contribution in [3.8, 4) is 0 Å². The third-order valence-electron chi connectivity index (χ3n) is 7.48. The molecule has 0 aromatic carbocycles. The lowest BCUT2D eigenvalue weighted by Crippen LogP contribution is -2.60. The van der Waals surface area contributed by atoms with Crippen molar-refractivity contribution in [3.63, 3.8) is 0 Å². The zero-order valence-corrected chi connectivity index (χ0v) is 28.1. The summed E-state index contributed by atoms with van der Waals surface area (Å²) in [5.41, 5.74) is 4.49. The van der Waals surface area contributed by atoms with Crippen LogP contribution >= 0.6 is 0 Å². The van der Waals surface area contributed by atoms with Crippen LogP contribution in [0.4, 0.5) is 4.79 Å². The number of nitrogens with two attached hydrogens (primary N) is 1. The quantitative estimate of drug-likeness (QED) is 0.273. The van der Waals surface area contributed by atoms with E-state index in [-0.39, 0.29) is 18.4 Å². The van der Waals surface area contributed by atoms with E-state index in [1.165, 1.54) is 17.7 Å². The fourth-order valence-electron chi connectivity index (χ4n) is 5.07. The van der Waals surface area contributed by atoms with Crippen molar-refractivity contribution in [2.75, 3.05) is 26.2 Å². The maximum atomic E-state index is 13.6. The predicted molar refractivity (Wildman–Crippen MR) is 170 cm³/mol. The Hall–Kier alpha value is -3.18. The highest BCUT2D eigenvalue weighted by molar-refractivity contribution is 6.37. The smallest absolute Gasteiger partial charge is 0.315 e. The van der Waals surface area contributed by atoms with Gasteiger partial charge in [0.1, 0.15) is 12.1 Å². The Labute approximate surface area is 264 Å². The molecule has 3 fully saturated rings. The molecule has 2 saturated heterocycles. The standard InChI is InChI=1S/C26H42N6O6.2C3H8/c1-26(2,3)21(30-25(38)28-15-19(33)31-11-5-4-6-12-31)24(37)32-13-7-8-18(32)23(36)29-17(14-16-9-10-16)20(34)22(27)35;2*1-3-2/h16-18,21H,4-15H2,1-3H3,(H2,27,35)(H,29,36)(H2,28,30,38);2*3H2,1-2H3/t17?,18-,21?;;/m0../s1. The minimum Gasteiger partial charge on any atom is -0.363 e. The van der Waals surface area contributed by atoms with Gasteiger partial charge in [-0.25, -0.2) is 4.79 Å². The molecule has 2 unspecified atom stereocenters. The van der Waals surface area contributed by atoms with Gasteiger partial charge in [-0.1, -0.05) is 74.1 Å². The molecule has 0 radical (unpaired) electrons. The van der Waals surface area contributed by atoms with Crippen LogP contribution in [0.15, 0.2) is 0 Å². The molecule has 3 aliphatic rings. The third-order valence-corrected chi connectivity index (χ3v) is 7.48. The molecule has 1 aliphatic carbocycles. The van der Waals surface area contributed by atoms with Crippen molar-refractivity contribution < 1.29 is 28.8 Å². The molecule has 2 aliphatic heterocycles. The van der Waals surface area contributed by atoms with Crippen molar-refractivity contribution >= 4 is 35.4 Å². The number of urea groups is 1. The van der Waals surface area contributed by atoms with E-state index in [9.17, 15) is 28.8 Å². The lowest BCUT2D eigenvalue weighted by atomic mass is 9.85. The third kappa shape index (κ3) is 13.2. The van der Waals surface area contributed by atoms with E-state index in [2.05, 4.69) is 43.6 Å². The minimum atomic E-state index is -1.10. The number of hydrogen-bond donors (Lipinski definition) is 4. The fourth-order valence-corrected chi connectivity index (χ4v) is 5.07. The van der Waals surface area contributed by atoms with Gasteiger partial charge in [-0.05, 0) is 49.9 Å². The second-order valence-electron chi connectivity index (χ2n) is 13.1. The zero-order valence-electron chi connectivity index (χ0n) is 28.1. The molecule has 0 spiro atoms. The molecule has 44 heavy (non-hydrogen) atoms. The average molecular weight is 623 g/mol. The summed E-state index contributed by atoms with van der Waals surface area (Å²) in [6, 6.07) is -3.44. The molecule has 0 aromatic heterocycles. The number of carbonyl (C=O) groups is 6. The summed E-state index contributed by atoms with van der Waals surface area (Å²) in [5.74, 6) is -2.78. The van der Waals surface area contributed by atoms with Crippen LogP contribution in [0.2, 0.25) is 0 Å². The van der Waals surface area contributed by atoms with Gasteiger partial charge in [0, 0.05) is 19.6 Å². The molecule has 0 aromatic rings. The number of carbonyl (C=O) groups excluding carboxylic acids is 6. The monoisotopic (exact) mass is 622 g/mol. The first-order valence-corrected chi connectivity index (χ1v) is 16.5. The van der Waals surface area contributed by atoms with Crippen LogP contribution in [0.5, 0.6) is 0 Å². The average Bonchev–Trinajstić information content (AvgIpc) is 3.65. The lowest BCUT2D eigenvalue weighted by molar-refractivity contribution is -0.143. The fraction of sp³-hybridized carbons (Fsp3) is 0.812. The molecule has 1 saturated carbocycles. The highest BCUT2D eigenvalue weighted by Crippen LogP contribution is 2.34. The first-order valence-electron chi connectivity index (χ1n) is 16.5. The number of ketones is 1. The Bertz CT molecular complexity index is 969. The van der Waals surface area contributed by atoms with E-state index in [0.29, 0.717) is 38.9 Å². The molecule has 12 heteroatoms. The number of piperidine rings is 1. The van der Waals surface area contributed by atoms with Crippen molar-refractivity contribution in [3.05, 3.63) is 0 Å². The van der Waals surface area contributed by atoms with Gasteiger partial charge >= 0.3 is 6.03 Å². The summed E-state index contributed by atoms with van der Waals surface area (Å²) < 4.78 is 0. The summed E-state index contributed by atoms with van der Waals surface area (Å²) in [4.78, 5) is 78.8. The Kier molecular flexibility index (Phi) is 17.0. The molecule has 5 N–H and O–H groups in total. The van der Waals surface area contributed by atoms with Gasteiger partial charge in [-0.3, -0.25) is 24.0 Å². The SMILES string of the molecule is CC(C)(C)C(NC(=O)NCC(=O)N1CCCCC1)C(=O)N1CCC[C@H]1C(=O)NC(CC1CC1)C(=O)C(N)=O.CCC.CCC. The number of hydrogen-bond acceptors (Lipinski definition) is 6. The largest absolute Gasteiger partial charge is 0.363 e. The molecular formula is C32H58N6O6. The molecular weight excluding hydrogens is 564 g/mol. The zero-order chi connectivity index (χ0) is 33.4. The highest BCUT2D eigenvalue weighted by atomic mass is 16.2. The number of amides is 6. The van der Waals surface area contributed by atoms with Crippen LogP contribution in [0, 0.1) is 11.3 Å². The second-order valence-corrected chi connectivity index (χ2v) is 13.1. The van der Waals surface area contributed by atoms with Crippen LogP contribution in [-0.2, 0) is 24.0 Å². The number of nitrogens with zero attached hydrogens (tertiary/aromatic N) is 2. The molecule has 12 nitrogen and oxygen atoms in total. The van der Waals surface area contributed by atoms with Crippen molar-refractivity contribution in [2.24, 2.45) is 17.1 Å². The number of likely N-dealkylation sites (tertiary alicyclic amines) is 2. The summed E-state index contributed by atoms with van der Waals surface area (Å²) in [6.45, 7) is 15.4. The van der Waals surface area contributed by atoms with Crippen molar-refractivity contribution in [1.82, 2.24) is 25.8 Å². The van der Waals surface area contributed by atoms with Gasteiger partial charge in [0.2, 0.25) is 23.5 Å². The van der Waals surface area contributed by atoms with Gasteiger partial charge in [0.25, 0.3) is 5.91 Å². The van der Waals surface area contributed by atoms with Crippen LogP contribution in [-0.4, -0.2) is 89.5 Å². The number of Topliss-reactive ketones (excluding diaryl/α,β-unsaturated/α-hetero) is 1. The van der Waals surface area contributed by atoms with Crippen molar-refractivity contribution in [1.29, 1.82) is 0 Å². The number of nitrogens with one attached hydrogen (secondary N) is 3. The Morgan fingerprint density at radius 1 is 0.818 bits per heavy atom. The van der Waals surface area contributed by atoms with Gasteiger partial charge < -0.3 is 31.5 Å². The van der Waals surface area contributed by atoms with E-state index >= 15 is 0 Å². The van der Waals surface area contributed by atoms with Gasteiger partial charge in [-0.2, -0.15) is 0 Å². The highest BCUT2D eigenvalue weighted by Gasteiger charge is 2.43. The maximum Gasteiger partial charge on any atom is 0.315 e. The van der Waals surface area contributed by atoms with E-state index in [1.54, 1.807) is 25.7 Å². The molecule has 3 atom stereocenters. The van der Waals surface area contributed by atoms with Crippen LogP contribution in [0.3, 0.4) is 0 Å². The summed E-state index contributed by atoms with van der Waals surface area (Å²) in [7, 11) is 0. The van der Waals surface area contributed by atoms with Gasteiger partial charge in [-0.15, -0.1) is 0 Å². The maximum absolute atomic E-state index is 13.6. The number of rotatable bonds is 10. The summed E-state index contributed by atoms with van der Waals surface area (Å²) >= 11 is 0. The summed E-state index contributed by atoms with van der Waals surface area (Å²) in [6.07, 6.45) is 8.65. The normalized spacial score (nSPS) is 19.2. The molecule has 2 heterocycles.